The smallest absolute Gasteiger partial charge is 0.0820 e. The molecule has 0 amide bonds. The first kappa shape index (κ1) is 14.0. The van der Waals surface area contributed by atoms with Crippen LogP contribution in [0.25, 0.3) is 10.9 Å². The van der Waals surface area contributed by atoms with Crippen LogP contribution in [0.4, 0.5) is 0 Å². The molecule has 1 aromatic carbocycles. The van der Waals surface area contributed by atoms with Crippen LogP contribution in [0.15, 0.2) is 36.5 Å². The van der Waals surface area contributed by atoms with Gasteiger partial charge in [0.1, 0.15) is 0 Å². The Morgan fingerprint density at radius 3 is 2.79 bits per heavy atom. The van der Waals surface area contributed by atoms with Crippen molar-refractivity contribution in [1.82, 2.24) is 10.3 Å². The van der Waals surface area contributed by atoms with Crippen molar-refractivity contribution in [3.05, 3.63) is 42.1 Å². The van der Waals surface area contributed by atoms with Gasteiger partial charge < -0.3 is 10.1 Å². The number of pyridine rings is 1. The van der Waals surface area contributed by atoms with Gasteiger partial charge in [-0.3, -0.25) is 4.98 Å². The standard InChI is InChI=1S/C16H22N2O/c1-5-19-16(2,3)15(17-4)13-9-8-12-7-6-10-18-14(12)11-13/h6-11,15,17H,5H2,1-4H3. The van der Waals surface area contributed by atoms with Gasteiger partial charge in [0.25, 0.3) is 0 Å². The number of fused-ring (bicyclic) bond motifs is 1. The van der Waals surface area contributed by atoms with Gasteiger partial charge in [0.2, 0.25) is 0 Å². The van der Waals surface area contributed by atoms with Crippen molar-refractivity contribution in [1.29, 1.82) is 0 Å². The van der Waals surface area contributed by atoms with Crippen LogP contribution in [0.5, 0.6) is 0 Å². The fraction of sp³-hybridized carbons (Fsp3) is 0.438. The van der Waals surface area contributed by atoms with Crippen LogP contribution in [-0.2, 0) is 4.74 Å². The van der Waals surface area contributed by atoms with Gasteiger partial charge >= 0.3 is 0 Å². The highest BCUT2D eigenvalue weighted by Gasteiger charge is 2.30. The van der Waals surface area contributed by atoms with E-state index in [2.05, 4.69) is 48.4 Å². The first-order valence-corrected chi connectivity index (χ1v) is 6.74. The van der Waals surface area contributed by atoms with Crippen LogP contribution >= 0.6 is 0 Å². The number of nitrogens with zero attached hydrogens (tertiary/aromatic N) is 1. The molecule has 102 valence electrons. The second-order valence-electron chi connectivity index (χ2n) is 5.21. The van der Waals surface area contributed by atoms with Gasteiger partial charge in [-0.2, -0.15) is 0 Å². The fourth-order valence-corrected chi connectivity index (χ4v) is 2.63. The van der Waals surface area contributed by atoms with Crippen LogP contribution in [0.2, 0.25) is 0 Å². The number of aromatic nitrogens is 1. The van der Waals surface area contributed by atoms with Crippen molar-refractivity contribution in [2.45, 2.75) is 32.4 Å². The number of likely N-dealkylation sites (N-methyl/N-ethyl adjacent to an activating group) is 1. The molecule has 1 aromatic heterocycles. The summed E-state index contributed by atoms with van der Waals surface area (Å²) >= 11 is 0. The van der Waals surface area contributed by atoms with Gasteiger partial charge in [-0.25, -0.2) is 0 Å². The first-order valence-electron chi connectivity index (χ1n) is 6.74. The molecule has 0 aliphatic heterocycles. The molecule has 1 N–H and O–H groups in total. The van der Waals surface area contributed by atoms with E-state index in [1.807, 2.05) is 26.2 Å². The lowest BCUT2D eigenvalue weighted by molar-refractivity contribution is -0.0374. The van der Waals surface area contributed by atoms with E-state index in [1.165, 1.54) is 5.56 Å². The van der Waals surface area contributed by atoms with Crippen molar-refractivity contribution in [2.24, 2.45) is 0 Å². The van der Waals surface area contributed by atoms with Crippen molar-refractivity contribution in [3.63, 3.8) is 0 Å². The van der Waals surface area contributed by atoms with Gasteiger partial charge in [0.15, 0.2) is 0 Å². The van der Waals surface area contributed by atoms with Gasteiger partial charge in [-0.05, 0) is 45.5 Å². The van der Waals surface area contributed by atoms with E-state index >= 15 is 0 Å². The highest BCUT2D eigenvalue weighted by atomic mass is 16.5. The molecule has 0 saturated heterocycles. The molecular formula is C16H22N2O. The lowest BCUT2D eigenvalue weighted by atomic mass is 9.91. The summed E-state index contributed by atoms with van der Waals surface area (Å²) in [7, 11) is 1.97. The second-order valence-corrected chi connectivity index (χ2v) is 5.21. The summed E-state index contributed by atoms with van der Waals surface area (Å²) in [6.45, 7) is 6.95. The largest absolute Gasteiger partial charge is 0.374 e. The van der Waals surface area contributed by atoms with Crippen LogP contribution in [0, 0.1) is 0 Å². The molecule has 0 radical (unpaired) electrons. The van der Waals surface area contributed by atoms with Crippen LogP contribution in [0.3, 0.4) is 0 Å². The fourth-order valence-electron chi connectivity index (χ4n) is 2.63. The number of rotatable bonds is 5. The molecule has 1 heterocycles. The van der Waals surface area contributed by atoms with Crippen molar-refractivity contribution < 1.29 is 4.74 Å². The van der Waals surface area contributed by atoms with Gasteiger partial charge in [0, 0.05) is 18.2 Å². The predicted molar refractivity (Wildman–Crippen MR) is 79.2 cm³/mol. The Kier molecular flexibility index (Phi) is 4.17. The first-order chi connectivity index (χ1) is 9.08. The molecule has 19 heavy (non-hydrogen) atoms. The molecule has 0 aliphatic carbocycles. The SMILES string of the molecule is CCOC(C)(C)C(NC)c1ccc2cccnc2c1. The summed E-state index contributed by atoms with van der Waals surface area (Å²) < 4.78 is 5.87. The maximum absolute atomic E-state index is 5.87. The van der Waals surface area contributed by atoms with Crippen LogP contribution in [-0.4, -0.2) is 24.2 Å². The second kappa shape index (κ2) is 5.68. The molecule has 2 aromatic rings. The molecule has 1 atom stereocenters. The van der Waals surface area contributed by atoms with Gasteiger partial charge in [0.05, 0.1) is 17.2 Å². The normalized spacial score (nSPS) is 13.7. The Bertz CT molecular complexity index is 551. The maximum atomic E-state index is 5.87. The van der Waals surface area contributed by atoms with E-state index in [4.69, 9.17) is 4.74 Å². The van der Waals surface area contributed by atoms with Crippen LogP contribution < -0.4 is 5.32 Å². The molecule has 1 unspecified atom stereocenters. The number of nitrogens with one attached hydrogen (secondary N) is 1. The maximum Gasteiger partial charge on any atom is 0.0820 e. The summed E-state index contributed by atoms with van der Waals surface area (Å²) in [5.41, 5.74) is 1.96. The third-order valence-corrected chi connectivity index (χ3v) is 3.46. The predicted octanol–water partition coefficient (Wildman–Crippen LogP) is 3.31. The Hall–Kier alpha value is -1.45. The quantitative estimate of drug-likeness (QED) is 0.893. The molecule has 3 heteroatoms. The van der Waals surface area contributed by atoms with Crippen LogP contribution in [0.1, 0.15) is 32.4 Å². The Morgan fingerprint density at radius 1 is 1.32 bits per heavy atom. The van der Waals surface area contributed by atoms with E-state index in [0.717, 1.165) is 10.9 Å². The zero-order chi connectivity index (χ0) is 13.9. The molecule has 2 rings (SSSR count). The number of benzene rings is 1. The molecular weight excluding hydrogens is 236 g/mol. The minimum atomic E-state index is -0.258. The van der Waals surface area contributed by atoms with E-state index in [9.17, 15) is 0 Å². The Balaban J connectivity index is 2.40. The third kappa shape index (κ3) is 2.94. The highest BCUT2D eigenvalue weighted by molar-refractivity contribution is 5.79. The molecule has 0 spiro atoms. The summed E-state index contributed by atoms with van der Waals surface area (Å²) in [5, 5.41) is 4.52. The topological polar surface area (TPSA) is 34.1 Å². The van der Waals surface area contributed by atoms with Crippen molar-refractivity contribution in [3.8, 4) is 0 Å². The van der Waals surface area contributed by atoms with E-state index < -0.39 is 0 Å². The minimum Gasteiger partial charge on any atom is -0.374 e. The average Bonchev–Trinajstić information content (AvgIpc) is 2.39. The number of hydrogen-bond donors (Lipinski definition) is 1. The molecule has 0 fully saturated rings. The molecule has 0 bridgehead atoms. The van der Waals surface area contributed by atoms with Gasteiger partial charge in [-0.1, -0.05) is 18.2 Å². The summed E-state index contributed by atoms with van der Waals surface area (Å²) in [6.07, 6.45) is 1.83. The summed E-state index contributed by atoms with van der Waals surface area (Å²) in [6, 6.07) is 10.6. The van der Waals surface area contributed by atoms with E-state index in [1.54, 1.807) is 0 Å². The molecule has 3 nitrogen and oxygen atoms in total. The zero-order valence-electron chi connectivity index (χ0n) is 12.1. The summed E-state index contributed by atoms with van der Waals surface area (Å²) in [5.74, 6) is 0. The van der Waals surface area contributed by atoms with E-state index in [0.29, 0.717) is 6.61 Å². The van der Waals surface area contributed by atoms with Crippen molar-refractivity contribution >= 4 is 10.9 Å². The monoisotopic (exact) mass is 258 g/mol. The Labute approximate surface area is 115 Å². The van der Waals surface area contributed by atoms with Crippen molar-refractivity contribution in [2.75, 3.05) is 13.7 Å². The minimum absolute atomic E-state index is 0.138. The molecule has 0 aliphatic rings. The highest BCUT2D eigenvalue weighted by Crippen LogP contribution is 2.30. The lowest BCUT2D eigenvalue weighted by Gasteiger charge is -2.34. The van der Waals surface area contributed by atoms with Gasteiger partial charge in [-0.15, -0.1) is 0 Å². The lowest BCUT2D eigenvalue weighted by Crippen LogP contribution is -2.40. The average molecular weight is 258 g/mol. The Morgan fingerprint density at radius 2 is 2.11 bits per heavy atom. The zero-order valence-corrected chi connectivity index (χ0v) is 12.1. The molecule has 0 saturated carbocycles. The third-order valence-electron chi connectivity index (χ3n) is 3.46. The van der Waals surface area contributed by atoms with E-state index in [-0.39, 0.29) is 11.6 Å². The number of hydrogen-bond acceptors (Lipinski definition) is 3. The summed E-state index contributed by atoms with van der Waals surface area (Å²) in [4.78, 5) is 4.42. The number of ether oxygens (including phenoxy) is 1.